The van der Waals surface area contributed by atoms with Crippen molar-refractivity contribution >= 4 is 17.9 Å². The number of methoxy groups -OCH3 is 2. The second-order valence-corrected chi connectivity index (χ2v) is 5.72. The van der Waals surface area contributed by atoms with Gasteiger partial charge in [-0.15, -0.1) is 0 Å². The van der Waals surface area contributed by atoms with Crippen molar-refractivity contribution in [1.29, 1.82) is 0 Å². The van der Waals surface area contributed by atoms with Crippen molar-refractivity contribution in [2.24, 2.45) is 4.99 Å². The van der Waals surface area contributed by atoms with Crippen molar-refractivity contribution in [2.45, 2.75) is 27.7 Å². The predicted octanol–water partition coefficient (Wildman–Crippen LogP) is 4.33. The van der Waals surface area contributed by atoms with Gasteiger partial charge in [-0.25, -0.2) is 4.79 Å². The number of hydrogen-bond donors (Lipinski definition) is 1. The number of hydrogen-bond acceptors (Lipinski definition) is 8. The fourth-order valence-electron chi connectivity index (χ4n) is 2.34. The lowest BCUT2D eigenvalue weighted by atomic mass is 10.0. The molecule has 0 saturated carbocycles. The monoisotopic (exact) mass is 404 g/mol. The zero-order valence-corrected chi connectivity index (χ0v) is 17.7. The van der Waals surface area contributed by atoms with Gasteiger partial charge in [-0.1, -0.05) is 5.16 Å². The average molecular weight is 404 g/mol. The first-order valence-electron chi connectivity index (χ1n) is 9.09. The van der Waals surface area contributed by atoms with E-state index in [0.717, 1.165) is 23.4 Å². The molecule has 0 aliphatic carbocycles. The van der Waals surface area contributed by atoms with Crippen LogP contribution in [-0.2, 0) is 14.3 Å². The minimum Gasteiger partial charge on any atom is -0.515 e. The highest BCUT2D eigenvalue weighted by molar-refractivity contribution is 6.09. The van der Waals surface area contributed by atoms with Crippen molar-refractivity contribution in [3.63, 3.8) is 0 Å². The Kier molecular flexibility index (Phi) is 10.2. The van der Waals surface area contributed by atoms with Gasteiger partial charge in [0.15, 0.2) is 0 Å². The van der Waals surface area contributed by atoms with Crippen LogP contribution >= 0.6 is 0 Å². The molecule has 1 N–H and O–H groups in total. The molecule has 0 amide bonds. The summed E-state index contributed by atoms with van der Waals surface area (Å²) in [6.07, 6.45) is 1.91. The summed E-state index contributed by atoms with van der Waals surface area (Å²) in [5.74, 6) is 0.671. The van der Waals surface area contributed by atoms with E-state index in [9.17, 15) is 4.79 Å². The number of carbonyl (C=O) groups is 1. The number of aryl methyl sites for hydroxylation is 2. The Morgan fingerprint density at radius 2 is 1.93 bits per heavy atom. The average Bonchev–Trinajstić information content (AvgIpc) is 3.06. The molecule has 0 saturated heterocycles. The van der Waals surface area contributed by atoms with Crippen molar-refractivity contribution < 1.29 is 28.6 Å². The summed E-state index contributed by atoms with van der Waals surface area (Å²) in [5, 5.41) is 13.1. The van der Waals surface area contributed by atoms with Crippen LogP contribution in [0.1, 0.15) is 25.3 Å². The van der Waals surface area contributed by atoms with Crippen molar-refractivity contribution in [2.75, 3.05) is 27.4 Å². The maximum atomic E-state index is 11.7. The molecule has 0 unspecified atom stereocenters. The number of aromatic nitrogens is 1. The van der Waals surface area contributed by atoms with Gasteiger partial charge in [0.2, 0.25) is 0 Å². The van der Waals surface area contributed by atoms with Gasteiger partial charge in [0.1, 0.15) is 17.1 Å². The Morgan fingerprint density at radius 3 is 2.41 bits per heavy atom. The number of carbonyl (C=O) groups excluding carboxylic acids is 1. The van der Waals surface area contributed by atoms with E-state index < -0.39 is 5.97 Å². The van der Waals surface area contributed by atoms with Crippen LogP contribution in [0.2, 0.25) is 0 Å². The van der Waals surface area contributed by atoms with Gasteiger partial charge in [-0.05, 0) is 45.9 Å². The second kappa shape index (κ2) is 12.4. The maximum Gasteiger partial charge on any atom is 0.342 e. The largest absolute Gasteiger partial charge is 0.515 e. The number of ether oxygens (including phenoxy) is 3. The zero-order valence-electron chi connectivity index (χ0n) is 17.7. The second-order valence-electron chi connectivity index (χ2n) is 5.72. The maximum absolute atomic E-state index is 11.7. The molecule has 0 fully saturated rings. The first-order chi connectivity index (χ1) is 13.9. The number of benzene rings is 1. The van der Waals surface area contributed by atoms with Crippen LogP contribution in [0.25, 0.3) is 11.1 Å². The molecule has 2 rings (SSSR count). The third-order valence-electron chi connectivity index (χ3n) is 3.78. The third kappa shape index (κ3) is 6.76. The van der Waals surface area contributed by atoms with E-state index in [1.165, 1.54) is 6.21 Å². The predicted molar refractivity (Wildman–Crippen MR) is 111 cm³/mol. The topological polar surface area (TPSA) is 103 Å². The van der Waals surface area contributed by atoms with Crippen LogP contribution in [-0.4, -0.2) is 49.9 Å². The van der Waals surface area contributed by atoms with E-state index in [1.807, 2.05) is 20.8 Å². The summed E-state index contributed by atoms with van der Waals surface area (Å²) in [6.45, 7) is 8.33. The molecule has 158 valence electrons. The molecule has 8 heteroatoms. The molecule has 0 bridgehead atoms. The molecule has 1 heterocycles. The zero-order chi connectivity index (χ0) is 21.8. The molecular formula is C21H28N2O6. The molecule has 0 aliphatic rings. The minimum absolute atomic E-state index is 0.0449. The molecule has 1 aromatic carbocycles. The summed E-state index contributed by atoms with van der Waals surface area (Å²) in [7, 11) is 3.26. The first kappa shape index (κ1) is 23.9. The molecule has 29 heavy (non-hydrogen) atoms. The molecule has 0 radical (unpaired) electrons. The van der Waals surface area contributed by atoms with Gasteiger partial charge in [-0.3, -0.25) is 4.99 Å². The third-order valence-corrected chi connectivity index (χ3v) is 3.78. The fraction of sp³-hybridized carbons (Fsp3) is 0.381. The summed E-state index contributed by atoms with van der Waals surface area (Å²) < 4.78 is 20.0. The molecule has 0 spiro atoms. The van der Waals surface area contributed by atoms with Crippen LogP contribution in [0.3, 0.4) is 0 Å². The molecule has 2 aromatic rings. The van der Waals surface area contributed by atoms with Crippen molar-refractivity contribution in [3.05, 3.63) is 41.5 Å². The number of aliphatic imine (C=N–C) groups is 1. The van der Waals surface area contributed by atoms with Gasteiger partial charge >= 0.3 is 5.97 Å². The Bertz CT molecular complexity index is 833. The highest BCUT2D eigenvalue weighted by Crippen LogP contribution is 2.37. The minimum atomic E-state index is -0.645. The molecule has 0 aliphatic heterocycles. The quantitative estimate of drug-likeness (QED) is 0.317. The van der Waals surface area contributed by atoms with Gasteiger partial charge in [0, 0.05) is 25.5 Å². The highest BCUT2D eigenvalue weighted by atomic mass is 16.5. The number of rotatable bonds is 7. The summed E-state index contributed by atoms with van der Waals surface area (Å²) in [6, 6.07) is 5.29. The van der Waals surface area contributed by atoms with Crippen molar-refractivity contribution in [3.8, 4) is 16.9 Å². The Morgan fingerprint density at radius 1 is 1.24 bits per heavy atom. The van der Waals surface area contributed by atoms with E-state index in [4.69, 9.17) is 19.1 Å². The van der Waals surface area contributed by atoms with Crippen molar-refractivity contribution in [1.82, 2.24) is 5.16 Å². The summed E-state index contributed by atoms with van der Waals surface area (Å²) in [5.41, 5.74) is 2.87. The SMILES string of the molecule is CCOC.CCOC(=O)/C(C=Nc1ccc(OC)c(-c2c(C)noc2C)c1)=C\O. The lowest BCUT2D eigenvalue weighted by molar-refractivity contribution is -0.137. The first-order valence-corrected chi connectivity index (χ1v) is 9.09. The summed E-state index contributed by atoms with van der Waals surface area (Å²) >= 11 is 0. The van der Waals surface area contributed by atoms with Crippen LogP contribution in [0.5, 0.6) is 5.75 Å². The lowest BCUT2D eigenvalue weighted by Gasteiger charge is -2.09. The highest BCUT2D eigenvalue weighted by Gasteiger charge is 2.16. The Hall–Kier alpha value is -3.13. The molecular weight excluding hydrogens is 376 g/mol. The number of esters is 1. The Balaban J connectivity index is 0.000000960. The normalized spacial score (nSPS) is 11.2. The van der Waals surface area contributed by atoms with Gasteiger partial charge < -0.3 is 23.8 Å². The van der Waals surface area contributed by atoms with Crippen LogP contribution < -0.4 is 4.74 Å². The van der Waals surface area contributed by atoms with Crippen LogP contribution in [0, 0.1) is 13.8 Å². The summed E-state index contributed by atoms with van der Waals surface area (Å²) in [4.78, 5) is 15.9. The van der Waals surface area contributed by atoms with E-state index in [0.29, 0.717) is 23.5 Å². The molecule has 1 aromatic heterocycles. The molecule has 0 atom stereocenters. The number of nitrogens with zero attached hydrogens (tertiary/aromatic N) is 2. The fourth-order valence-corrected chi connectivity index (χ4v) is 2.34. The smallest absolute Gasteiger partial charge is 0.342 e. The van der Waals surface area contributed by atoms with Crippen LogP contribution in [0.15, 0.2) is 39.5 Å². The van der Waals surface area contributed by atoms with E-state index in [2.05, 4.69) is 14.9 Å². The number of aliphatic hydroxyl groups is 1. The Labute approximate surface area is 170 Å². The lowest BCUT2D eigenvalue weighted by Crippen LogP contribution is -2.08. The van der Waals surface area contributed by atoms with Gasteiger partial charge in [0.25, 0.3) is 0 Å². The van der Waals surface area contributed by atoms with Gasteiger partial charge in [-0.2, -0.15) is 0 Å². The number of aliphatic hydroxyl groups excluding tert-OH is 1. The molecule has 8 nitrogen and oxygen atoms in total. The van der Waals surface area contributed by atoms with Gasteiger partial charge in [0.05, 0.1) is 36.9 Å². The van der Waals surface area contributed by atoms with E-state index in [-0.39, 0.29) is 12.2 Å². The van der Waals surface area contributed by atoms with E-state index in [1.54, 1.807) is 39.3 Å². The van der Waals surface area contributed by atoms with Crippen LogP contribution in [0.4, 0.5) is 5.69 Å². The standard InChI is InChI=1S/C18H20N2O5.C3H8O/c1-5-24-18(22)13(10-21)9-19-14-6-7-16(23-4)15(8-14)17-11(2)20-25-12(17)3;1-3-4-2/h6-10,21H,5H2,1-4H3;3H2,1-2H3/b13-10-,19-9?;. The van der Waals surface area contributed by atoms with E-state index >= 15 is 0 Å².